The van der Waals surface area contributed by atoms with Gasteiger partial charge in [-0.2, -0.15) is 0 Å². The second-order valence-corrected chi connectivity index (χ2v) is 6.62. The van der Waals surface area contributed by atoms with E-state index in [1.165, 1.54) is 30.0 Å². The third-order valence-electron chi connectivity index (χ3n) is 3.41. The van der Waals surface area contributed by atoms with Crippen LogP contribution in [-0.2, 0) is 4.79 Å². The van der Waals surface area contributed by atoms with Crippen molar-refractivity contribution in [3.05, 3.63) is 69.9 Å². The summed E-state index contributed by atoms with van der Waals surface area (Å²) in [6.45, 7) is 0. The van der Waals surface area contributed by atoms with Crippen LogP contribution in [0.15, 0.2) is 59.9 Å². The Labute approximate surface area is 157 Å². The van der Waals surface area contributed by atoms with E-state index in [1.54, 1.807) is 6.20 Å². The number of carbonyl (C=O) groups excluding carboxylic acids is 1. The number of aromatic amines is 1. The Bertz CT molecular complexity index is 946. The number of benzene rings is 2. The second kappa shape index (κ2) is 8.03. The highest BCUT2D eigenvalue weighted by Gasteiger charge is 2.17. The number of imidazole rings is 1. The molecule has 7 nitrogen and oxygen atoms in total. The summed E-state index contributed by atoms with van der Waals surface area (Å²) in [6.07, 6.45) is 1.69. The molecule has 0 unspecified atom stereocenters. The van der Waals surface area contributed by atoms with Crippen molar-refractivity contribution in [1.82, 2.24) is 9.97 Å². The zero-order chi connectivity index (χ0) is 18.5. The number of thioether (sulfide) groups is 1. The first-order chi connectivity index (χ1) is 12.5. The van der Waals surface area contributed by atoms with Crippen molar-refractivity contribution in [2.24, 2.45) is 0 Å². The van der Waals surface area contributed by atoms with Gasteiger partial charge in [0.05, 0.1) is 22.6 Å². The number of anilines is 1. The van der Waals surface area contributed by atoms with E-state index < -0.39 is 4.92 Å². The first kappa shape index (κ1) is 18.0. The number of carbonyl (C=O) groups is 1. The number of nitro groups is 1. The molecule has 0 aliphatic rings. The molecular weight excluding hydrogens is 376 g/mol. The van der Waals surface area contributed by atoms with Crippen LogP contribution in [0.2, 0.25) is 5.02 Å². The van der Waals surface area contributed by atoms with Crippen LogP contribution >= 0.6 is 23.4 Å². The van der Waals surface area contributed by atoms with Crippen molar-refractivity contribution in [1.29, 1.82) is 0 Å². The molecule has 0 bridgehead atoms. The molecule has 0 saturated carbocycles. The summed E-state index contributed by atoms with van der Waals surface area (Å²) in [5, 5.41) is 14.4. The number of halogens is 1. The number of nitrogens with one attached hydrogen (secondary N) is 2. The summed E-state index contributed by atoms with van der Waals surface area (Å²) in [5.74, 6) is -0.320. The molecule has 2 N–H and O–H groups in total. The molecule has 1 heterocycles. The molecule has 9 heteroatoms. The van der Waals surface area contributed by atoms with Crippen LogP contribution in [0, 0.1) is 10.1 Å². The normalized spacial score (nSPS) is 10.5. The van der Waals surface area contributed by atoms with E-state index in [2.05, 4.69) is 15.3 Å². The van der Waals surface area contributed by atoms with E-state index in [9.17, 15) is 14.9 Å². The van der Waals surface area contributed by atoms with Gasteiger partial charge < -0.3 is 10.3 Å². The van der Waals surface area contributed by atoms with Crippen LogP contribution in [0.3, 0.4) is 0 Å². The maximum Gasteiger partial charge on any atom is 0.294 e. The van der Waals surface area contributed by atoms with Crippen LogP contribution in [0.5, 0.6) is 0 Å². The molecular formula is C17H13ClN4O3S. The Kier molecular flexibility index (Phi) is 5.55. The standard InChI is InChI=1S/C17H13ClN4O3S/c18-12-6-7-13(15(8-12)22(24)25)20-16(23)10-26-17-19-9-14(21-17)11-4-2-1-3-5-11/h1-9H,10H2,(H,19,21)(H,20,23). The molecule has 0 radical (unpaired) electrons. The molecule has 26 heavy (non-hydrogen) atoms. The Hall–Kier alpha value is -2.84. The topological polar surface area (TPSA) is 101 Å². The SMILES string of the molecule is O=C(CSc1ncc(-c2ccccc2)[nH]1)Nc1ccc(Cl)cc1[N+](=O)[O-]. The predicted molar refractivity (Wildman–Crippen MR) is 101 cm³/mol. The smallest absolute Gasteiger partial charge is 0.294 e. The fourth-order valence-electron chi connectivity index (χ4n) is 2.22. The fraction of sp³-hybridized carbons (Fsp3) is 0.0588. The minimum Gasteiger partial charge on any atom is -0.333 e. The Morgan fingerprint density at radius 2 is 2.04 bits per heavy atom. The van der Waals surface area contributed by atoms with Gasteiger partial charge in [0.1, 0.15) is 5.69 Å². The van der Waals surface area contributed by atoms with Gasteiger partial charge in [-0.25, -0.2) is 4.98 Å². The molecule has 0 atom stereocenters. The minimum atomic E-state index is -0.590. The maximum atomic E-state index is 12.1. The molecule has 3 rings (SSSR count). The van der Waals surface area contributed by atoms with Gasteiger partial charge >= 0.3 is 0 Å². The summed E-state index contributed by atoms with van der Waals surface area (Å²) < 4.78 is 0. The quantitative estimate of drug-likeness (QED) is 0.371. The van der Waals surface area contributed by atoms with Crippen molar-refractivity contribution in [2.45, 2.75) is 5.16 Å². The van der Waals surface area contributed by atoms with Crippen LogP contribution in [0.25, 0.3) is 11.3 Å². The average Bonchev–Trinajstić information content (AvgIpc) is 3.11. The Morgan fingerprint density at radius 3 is 2.77 bits per heavy atom. The molecule has 1 amide bonds. The van der Waals surface area contributed by atoms with Crippen LogP contribution in [0.1, 0.15) is 0 Å². The summed E-state index contributed by atoms with van der Waals surface area (Å²) >= 11 is 6.96. The van der Waals surface area contributed by atoms with Gasteiger partial charge in [-0.3, -0.25) is 14.9 Å². The van der Waals surface area contributed by atoms with Gasteiger partial charge in [0.25, 0.3) is 5.69 Å². The molecule has 0 aliphatic carbocycles. The number of hydrogen-bond acceptors (Lipinski definition) is 5. The minimum absolute atomic E-state index is 0.0571. The lowest BCUT2D eigenvalue weighted by Gasteiger charge is -2.05. The van der Waals surface area contributed by atoms with E-state index in [1.807, 2.05) is 30.3 Å². The third kappa shape index (κ3) is 4.41. The molecule has 132 valence electrons. The molecule has 0 saturated heterocycles. The summed E-state index contributed by atoms with van der Waals surface area (Å²) in [6, 6.07) is 13.8. The summed E-state index contributed by atoms with van der Waals surface area (Å²) in [7, 11) is 0. The van der Waals surface area contributed by atoms with Gasteiger partial charge in [0.15, 0.2) is 5.16 Å². The molecule has 0 aliphatic heterocycles. The van der Waals surface area contributed by atoms with Gasteiger partial charge in [0, 0.05) is 11.1 Å². The highest BCUT2D eigenvalue weighted by atomic mass is 35.5. The third-order valence-corrected chi connectivity index (χ3v) is 4.53. The first-order valence-corrected chi connectivity index (χ1v) is 8.86. The highest BCUT2D eigenvalue weighted by Crippen LogP contribution is 2.28. The van der Waals surface area contributed by atoms with Gasteiger partial charge in [-0.1, -0.05) is 53.7 Å². The predicted octanol–water partition coefficient (Wildman–Crippen LogP) is 4.37. The summed E-state index contributed by atoms with van der Waals surface area (Å²) in [4.78, 5) is 29.9. The number of rotatable bonds is 6. The number of nitro benzene ring substituents is 1. The lowest BCUT2D eigenvalue weighted by Crippen LogP contribution is -2.15. The number of amides is 1. The molecule has 1 aromatic heterocycles. The number of nitrogens with zero attached hydrogens (tertiary/aromatic N) is 2. The maximum absolute atomic E-state index is 12.1. The average molecular weight is 389 g/mol. The number of hydrogen-bond donors (Lipinski definition) is 2. The second-order valence-electron chi connectivity index (χ2n) is 5.22. The van der Waals surface area contributed by atoms with E-state index in [4.69, 9.17) is 11.6 Å². The monoisotopic (exact) mass is 388 g/mol. The Morgan fingerprint density at radius 1 is 1.27 bits per heavy atom. The van der Waals surface area contributed by atoms with Crippen molar-refractivity contribution < 1.29 is 9.72 Å². The largest absolute Gasteiger partial charge is 0.333 e. The first-order valence-electron chi connectivity index (χ1n) is 7.50. The van der Waals surface area contributed by atoms with Crippen molar-refractivity contribution >= 4 is 40.6 Å². The van der Waals surface area contributed by atoms with Crippen molar-refractivity contribution in [3.63, 3.8) is 0 Å². The molecule has 3 aromatic rings. The van der Waals surface area contributed by atoms with E-state index in [-0.39, 0.29) is 28.1 Å². The van der Waals surface area contributed by atoms with Gasteiger partial charge in [-0.05, 0) is 17.7 Å². The lowest BCUT2D eigenvalue weighted by molar-refractivity contribution is -0.383. The number of aromatic nitrogens is 2. The van der Waals surface area contributed by atoms with Crippen LogP contribution < -0.4 is 5.32 Å². The van der Waals surface area contributed by atoms with Crippen molar-refractivity contribution in [3.8, 4) is 11.3 Å². The highest BCUT2D eigenvalue weighted by molar-refractivity contribution is 7.99. The van der Waals surface area contributed by atoms with E-state index in [0.29, 0.717) is 5.16 Å². The Balaban J connectivity index is 1.62. The molecule has 0 spiro atoms. The van der Waals surface area contributed by atoms with Gasteiger partial charge in [-0.15, -0.1) is 0 Å². The van der Waals surface area contributed by atoms with Crippen LogP contribution in [-0.4, -0.2) is 26.6 Å². The summed E-state index contributed by atoms with van der Waals surface area (Å²) in [5.41, 5.74) is 1.70. The number of H-pyrrole nitrogens is 1. The van der Waals surface area contributed by atoms with Crippen LogP contribution in [0.4, 0.5) is 11.4 Å². The zero-order valence-corrected chi connectivity index (χ0v) is 14.9. The van der Waals surface area contributed by atoms with E-state index >= 15 is 0 Å². The fourth-order valence-corrected chi connectivity index (χ4v) is 3.04. The van der Waals surface area contributed by atoms with Gasteiger partial charge in [0.2, 0.25) is 5.91 Å². The van der Waals surface area contributed by atoms with Crippen molar-refractivity contribution in [2.75, 3.05) is 11.1 Å². The lowest BCUT2D eigenvalue weighted by atomic mass is 10.2. The molecule has 2 aromatic carbocycles. The van der Waals surface area contributed by atoms with E-state index in [0.717, 1.165) is 11.3 Å². The molecule has 0 fully saturated rings. The zero-order valence-electron chi connectivity index (χ0n) is 13.3.